The smallest absolute Gasteiger partial charge is 0.307 e. The van der Waals surface area contributed by atoms with Gasteiger partial charge in [0, 0.05) is 43.9 Å². The van der Waals surface area contributed by atoms with Crippen molar-refractivity contribution in [3.63, 3.8) is 0 Å². The van der Waals surface area contributed by atoms with Gasteiger partial charge in [0.15, 0.2) is 0 Å². The summed E-state index contributed by atoms with van der Waals surface area (Å²) in [6.07, 6.45) is 6.09. The number of hydrogen-bond acceptors (Lipinski definition) is 5. The van der Waals surface area contributed by atoms with Gasteiger partial charge in [-0.2, -0.15) is 0 Å². The van der Waals surface area contributed by atoms with Crippen molar-refractivity contribution in [3.8, 4) is 11.1 Å². The molecule has 1 saturated heterocycles. The van der Waals surface area contributed by atoms with Crippen LogP contribution >= 0.6 is 0 Å². The van der Waals surface area contributed by atoms with Gasteiger partial charge in [-0.25, -0.2) is 0 Å². The second-order valence-corrected chi connectivity index (χ2v) is 9.20. The number of esters is 1. The van der Waals surface area contributed by atoms with Crippen LogP contribution in [0.15, 0.2) is 48.5 Å². The highest BCUT2D eigenvalue weighted by atomic mass is 16.5. The van der Waals surface area contributed by atoms with E-state index in [1.165, 1.54) is 6.42 Å². The molecular weight excluding hydrogens is 428 g/mol. The molecule has 0 aromatic heterocycles. The zero-order valence-corrected chi connectivity index (χ0v) is 19.7. The number of amidine groups is 1. The number of amides is 1. The average Bonchev–Trinajstić information content (AvgIpc) is 2.88. The molecule has 4 rings (SSSR count). The Balaban J connectivity index is 1.23. The molecule has 7 heteroatoms. The minimum atomic E-state index is -0.0959. The van der Waals surface area contributed by atoms with Gasteiger partial charge in [0.1, 0.15) is 11.9 Å². The normalized spacial score (nSPS) is 17.4. The van der Waals surface area contributed by atoms with Crippen molar-refractivity contribution >= 4 is 17.7 Å². The van der Waals surface area contributed by atoms with Gasteiger partial charge in [0.2, 0.25) is 0 Å². The fourth-order valence-corrected chi connectivity index (χ4v) is 4.68. The monoisotopic (exact) mass is 462 g/mol. The summed E-state index contributed by atoms with van der Waals surface area (Å²) in [6.45, 7) is 3.53. The largest absolute Gasteiger partial charge is 0.462 e. The van der Waals surface area contributed by atoms with E-state index >= 15 is 0 Å². The van der Waals surface area contributed by atoms with E-state index in [0.717, 1.165) is 49.9 Å². The lowest BCUT2D eigenvalue weighted by atomic mass is 9.98. The Bertz CT molecular complexity index is 990. The Labute approximate surface area is 201 Å². The molecule has 1 saturated carbocycles. The molecule has 3 N–H and O–H groups in total. The molecule has 1 aliphatic carbocycles. The molecule has 0 atom stereocenters. The van der Waals surface area contributed by atoms with Crippen molar-refractivity contribution < 1.29 is 14.3 Å². The Morgan fingerprint density at radius 3 is 1.97 bits per heavy atom. The summed E-state index contributed by atoms with van der Waals surface area (Å²) >= 11 is 0. The van der Waals surface area contributed by atoms with Gasteiger partial charge < -0.3 is 15.4 Å². The lowest BCUT2D eigenvalue weighted by molar-refractivity contribution is -0.150. The number of hydrogen-bond donors (Lipinski definition) is 2. The molecule has 0 unspecified atom stereocenters. The summed E-state index contributed by atoms with van der Waals surface area (Å²) in [5.41, 5.74) is 8.91. The van der Waals surface area contributed by atoms with Crippen LogP contribution in [0.2, 0.25) is 0 Å². The van der Waals surface area contributed by atoms with Gasteiger partial charge in [0.25, 0.3) is 5.91 Å². The molecule has 0 spiro atoms. The number of benzene rings is 2. The molecule has 2 fully saturated rings. The van der Waals surface area contributed by atoms with Crippen LogP contribution in [0.1, 0.15) is 54.4 Å². The number of piperazine rings is 1. The van der Waals surface area contributed by atoms with Crippen LogP contribution in [0.3, 0.4) is 0 Å². The van der Waals surface area contributed by atoms with Crippen molar-refractivity contribution in [2.24, 2.45) is 5.73 Å². The van der Waals surface area contributed by atoms with E-state index in [9.17, 15) is 9.59 Å². The first-order valence-corrected chi connectivity index (χ1v) is 12.3. The van der Waals surface area contributed by atoms with Crippen LogP contribution in [0, 0.1) is 5.41 Å². The average molecular weight is 463 g/mol. The number of carbonyl (C=O) groups is 2. The molecular formula is C27H34N4O3. The molecule has 0 bridgehead atoms. The van der Waals surface area contributed by atoms with Crippen LogP contribution in [0.25, 0.3) is 11.1 Å². The summed E-state index contributed by atoms with van der Waals surface area (Å²) in [7, 11) is 0. The highest BCUT2D eigenvalue weighted by molar-refractivity contribution is 5.96. The van der Waals surface area contributed by atoms with E-state index in [4.69, 9.17) is 15.9 Å². The van der Waals surface area contributed by atoms with E-state index < -0.39 is 0 Å². The maximum Gasteiger partial charge on any atom is 0.307 e. The Morgan fingerprint density at radius 1 is 0.853 bits per heavy atom. The SMILES string of the molecule is N=C(N)c1ccc(-c2ccc(C(=O)N3CCN(CCC(=O)OC4CCCCC4)CC3)cc2)cc1. The number of nitrogens with two attached hydrogens (primary N) is 1. The van der Waals surface area contributed by atoms with E-state index in [0.29, 0.717) is 37.2 Å². The Morgan fingerprint density at radius 2 is 1.41 bits per heavy atom. The number of ether oxygens (including phenoxy) is 1. The lowest BCUT2D eigenvalue weighted by Gasteiger charge is -2.34. The van der Waals surface area contributed by atoms with Gasteiger partial charge in [-0.05, 0) is 48.9 Å². The Hall–Kier alpha value is -3.19. The van der Waals surface area contributed by atoms with Gasteiger partial charge in [-0.3, -0.25) is 19.9 Å². The van der Waals surface area contributed by atoms with E-state index in [2.05, 4.69) is 4.90 Å². The molecule has 180 valence electrons. The molecule has 2 aliphatic rings. The maximum atomic E-state index is 13.0. The topological polar surface area (TPSA) is 99.7 Å². The minimum Gasteiger partial charge on any atom is -0.462 e. The van der Waals surface area contributed by atoms with Gasteiger partial charge in [-0.1, -0.05) is 42.8 Å². The Kier molecular flexibility index (Phi) is 7.95. The first-order chi connectivity index (χ1) is 16.5. The molecule has 2 aromatic carbocycles. The lowest BCUT2D eigenvalue weighted by Crippen LogP contribution is -2.49. The predicted molar refractivity (Wildman–Crippen MR) is 133 cm³/mol. The summed E-state index contributed by atoms with van der Waals surface area (Å²) in [5.74, 6) is -0.0109. The first-order valence-electron chi connectivity index (χ1n) is 12.3. The quantitative estimate of drug-likeness (QED) is 0.372. The molecule has 2 aromatic rings. The number of carbonyl (C=O) groups excluding carboxylic acids is 2. The second kappa shape index (κ2) is 11.3. The highest BCUT2D eigenvalue weighted by Gasteiger charge is 2.23. The van der Waals surface area contributed by atoms with Gasteiger partial charge in [0.05, 0.1) is 6.42 Å². The van der Waals surface area contributed by atoms with Crippen molar-refractivity contribution in [2.75, 3.05) is 32.7 Å². The van der Waals surface area contributed by atoms with Crippen molar-refractivity contribution in [1.82, 2.24) is 9.80 Å². The molecule has 34 heavy (non-hydrogen) atoms. The molecule has 7 nitrogen and oxygen atoms in total. The van der Waals surface area contributed by atoms with Crippen LogP contribution < -0.4 is 5.73 Å². The summed E-state index contributed by atoms with van der Waals surface area (Å²) in [6, 6.07) is 15.1. The zero-order chi connectivity index (χ0) is 23.9. The summed E-state index contributed by atoms with van der Waals surface area (Å²) in [5, 5.41) is 7.50. The number of nitrogens with zero attached hydrogens (tertiary/aromatic N) is 2. The number of nitrogens with one attached hydrogen (secondary N) is 1. The highest BCUT2D eigenvalue weighted by Crippen LogP contribution is 2.22. The second-order valence-electron chi connectivity index (χ2n) is 9.20. The van der Waals surface area contributed by atoms with E-state index in [-0.39, 0.29) is 23.8 Å². The third-order valence-electron chi connectivity index (χ3n) is 6.80. The summed E-state index contributed by atoms with van der Waals surface area (Å²) in [4.78, 5) is 29.2. The first kappa shape index (κ1) is 24.0. The van der Waals surface area contributed by atoms with Crippen molar-refractivity contribution in [2.45, 2.75) is 44.6 Å². The molecule has 1 aliphatic heterocycles. The van der Waals surface area contributed by atoms with Crippen molar-refractivity contribution in [1.29, 1.82) is 5.41 Å². The molecule has 1 heterocycles. The van der Waals surface area contributed by atoms with Crippen LogP contribution in [-0.2, 0) is 9.53 Å². The standard InChI is InChI=1S/C27H34N4O3/c28-26(29)22-10-6-20(7-11-22)21-8-12-23(13-9-21)27(33)31-18-16-30(17-19-31)15-14-25(32)34-24-4-2-1-3-5-24/h6-13,24H,1-5,14-19H2,(H3,28,29). The predicted octanol–water partition coefficient (Wildman–Crippen LogP) is 3.66. The van der Waals surface area contributed by atoms with Crippen LogP contribution in [0.5, 0.6) is 0 Å². The maximum absolute atomic E-state index is 13.0. The molecule has 1 amide bonds. The van der Waals surface area contributed by atoms with Gasteiger partial charge in [-0.15, -0.1) is 0 Å². The third-order valence-corrected chi connectivity index (χ3v) is 6.80. The minimum absolute atomic E-state index is 0.0369. The van der Waals surface area contributed by atoms with Crippen LogP contribution in [-0.4, -0.2) is 66.3 Å². The van der Waals surface area contributed by atoms with Crippen LogP contribution in [0.4, 0.5) is 0 Å². The van der Waals surface area contributed by atoms with Gasteiger partial charge >= 0.3 is 5.97 Å². The number of rotatable bonds is 7. The van der Waals surface area contributed by atoms with E-state index in [1.54, 1.807) is 0 Å². The number of nitrogen functional groups attached to an aromatic ring is 1. The summed E-state index contributed by atoms with van der Waals surface area (Å²) < 4.78 is 5.61. The third kappa shape index (κ3) is 6.23. The fraction of sp³-hybridized carbons (Fsp3) is 0.444. The molecule has 0 radical (unpaired) electrons. The van der Waals surface area contributed by atoms with Crippen molar-refractivity contribution in [3.05, 3.63) is 59.7 Å². The fourth-order valence-electron chi connectivity index (χ4n) is 4.68. The van der Waals surface area contributed by atoms with E-state index in [1.807, 2.05) is 53.4 Å². The zero-order valence-electron chi connectivity index (χ0n) is 19.7.